The Morgan fingerprint density at radius 1 is 1.35 bits per heavy atom. The van der Waals surface area contributed by atoms with E-state index in [1.54, 1.807) is 7.05 Å². The Kier molecular flexibility index (Phi) is 6.47. The van der Waals surface area contributed by atoms with Crippen LogP contribution in [-0.2, 0) is 18.3 Å². The average molecular weight is 382 g/mol. The van der Waals surface area contributed by atoms with Gasteiger partial charge in [0, 0.05) is 38.3 Å². The van der Waals surface area contributed by atoms with Crippen molar-refractivity contribution in [2.24, 2.45) is 12.8 Å². The summed E-state index contributed by atoms with van der Waals surface area (Å²) in [6, 6.07) is 0.168. The molecule has 1 amide bonds. The highest BCUT2D eigenvalue weighted by molar-refractivity contribution is 5.85. The van der Waals surface area contributed by atoms with Gasteiger partial charge in [-0.15, -0.1) is 12.4 Å². The smallest absolute Gasteiger partial charge is 0.276 e. The van der Waals surface area contributed by atoms with Crippen LogP contribution in [0.25, 0.3) is 11.0 Å². The number of carbonyl (C=O) groups is 1. The second kappa shape index (κ2) is 8.22. The van der Waals surface area contributed by atoms with Gasteiger partial charge >= 0.3 is 0 Å². The lowest BCUT2D eigenvalue weighted by Crippen LogP contribution is -2.47. The number of hydrogen-bond acceptors (Lipinski definition) is 4. The van der Waals surface area contributed by atoms with Crippen LogP contribution in [-0.4, -0.2) is 44.7 Å². The normalized spacial score (nSPS) is 17.4. The number of aromatic nitrogens is 3. The van der Waals surface area contributed by atoms with Crippen molar-refractivity contribution < 1.29 is 4.79 Å². The molecule has 3 N–H and O–H groups in total. The van der Waals surface area contributed by atoms with Gasteiger partial charge in [0.1, 0.15) is 0 Å². The molecule has 1 aliphatic rings. The first-order chi connectivity index (χ1) is 11.9. The van der Waals surface area contributed by atoms with Crippen molar-refractivity contribution in [3.05, 3.63) is 27.2 Å². The number of rotatable bonds is 4. The summed E-state index contributed by atoms with van der Waals surface area (Å²) in [5.41, 5.74) is 9.15. The molecule has 1 saturated heterocycles. The van der Waals surface area contributed by atoms with Gasteiger partial charge in [-0.2, -0.15) is 0 Å². The number of H-pyrrole nitrogens is 1. The number of aryl methyl sites for hydroxylation is 3. The Bertz CT molecular complexity index is 857. The van der Waals surface area contributed by atoms with E-state index in [1.165, 1.54) is 4.68 Å². The van der Waals surface area contributed by atoms with Crippen LogP contribution in [0.15, 0.2) is 4.79 Å². The molecule has 0 radical (unpaired) electrons. The molecule has 1 fully saturated rings. The van der Waals surface area contributed by atoms with Gasteiger partial charge in [0.2, 0.25) is 5.91 Å². The predicted molar refractivity (Wildman–Crippen MR) is 105 cm³/mol. The minimum Gasteiger partial charge on any atom is -0.338 e. The molecule has 144 valence electrons. The Morgan fingerprint density at radius 2 is 2.08 bits per heavy atom. The second-order valence-electron chi connectivity index (χ2n) is 6.97. The summed E-state index contributed by atoms with van der Waals surface area (Å²) in [6.07, 6.45) is 4.21. The largest absolute Gasteiger partial charge is 0.338 e. The summed E-state index contributed by atoms with van der Waals surface area (Å²) >= 11 is 0. The van der Waals surface area contributed by atoms with E-state index in [4.69, 9.17) is 5.73 Å². The molecule has 7 nitrogen and oxygen atoms in total. The predicted octanol–water partition coefficient (Wildman–Crippen LogP) is 1.57. The van der Waals surface area contributed by atoms with Crippen molar-refractivity contribution in [2.45, 2.75) is 52.0 Å². The van der Waals surface area contributed by atoms with Crippen LogP contribution in [0.3, 0.4) is 0 Å². The molecule has 0 saturated carbocycles. The number of fused-ring (bicyclic) bond motifs is 1. The summed E-state index contributed by atoms with van der Waals surface area (Å²) in [5, 5.41) is 3.59. The maximum absolute atomic E-state index is 12.7. The number of hydrogen-bond donors (Lipinski definition) is 2. The highest BCUT2D eigenvalue weighted by Crippen LogP contribution is 2.22. The molecular weight excluding hydrogens is 354 g/mol. The standard InChI is InChI=1S/C18H27N5O2.ClH/c1-11-14(12(2)20-17-16(11)18(25)22(3)21-17)7-8-15(24)23-9-5-4-6-13(23)10-19;/h13H,4-10,19H2,1-3H3,(H,20,21);1H. The topological polar surface area (TPSA) is 97.0 Å². The molecule has 0 spiro atoms. The van der Waals surface area contributed by atoms with E-state index in [0.29, 0.717) is 30.4 Å². The maximum Gasteiger partial charge on any atom is 0.276 e. The lowest BCUT2D eigenvalue weighted by Gasteiger charge is -2.35. The van der Waals surface area contributed by atoms with E-state index in [1.807, 2.05) is 18.7 Å². The SMILES string of the molecule is Cc1nc2[nH]n(C)c(=O)c2c(C)c1CCC(=O)N1CCCCC1CN.Cl. The van der Waals surface area contributed by atoms with Crippen molar-refractivity contribution >= 4 is 29.3 Å². The minimum atomic E-state index is -0.0770. The monoisotopic (exact) mass is 381 g/mol. The molecule has 1 atom stereocenters. The van der Waals surface area contributed by atoms with Gasteiger partial charge in [-0.3, -0.25) is 19.4 Å². The van der Waals surface area contributed by atoms with Gasteiger partial charge in [0.15, 0.2) is 5.65 Å². The van der Waals surface area contributed by atoms with Gasteiger partial charge in [-0.25, -0.2) is 4.98 Å². The fraction of sp³-hybridized carbons (Fsp3) is 0.611. The number of aromatic amines is 1. The molecule has 3 heterocycles. The van der Waals surface area contributed by atoms with Crippen LogP contribution in [0, 0.1) is 13.8 Å². The molecule has 8 heteroatoms. The highest BCUT2D eigenvalue weighted by atomic mass is 35.5. The minimum absolute atomic E-state index is 0. The number of carbonyl (C=O) groups excluding carboxylic acids is 1. The van der Waals surface area contributed by atoms with Crippen molar-refractivity contribution in [3.63, 3.8) is 0 Å². The van der Waals surface area contributed by atoms with Gasteiger partial charge in [0.25, 0.3) is 5.56 Å². The van der Waals surface area contributed by atoms with E-state index >= 15 is 0 Å². The summed E-state index contributed by atoms with van der Waals surface area (Å²) in [6.45, 7) is 5.20. The molecule has 1 unspecified atom stereocenters. The van der Waals surface area contributed by atoms with Crippen LogP contribution in [0.5, 0.6) is 0 Å². The first kappa shape index (κ1) is 20.5. The van der Waals surface area contributed by atoms with E-state index < -0.39 is 0 Å². The third kappa shape index (κ3) is 3.64. The molecule has 0 aliphatic carbocycles. The fourth-order valence-corrected chi connectivity index (χ4v) is 3.93. The molecule has 0 bridgehead atoms. The Labute approximate surface area is 159 Å². The van der Waals surface area contributed by atoms with Crippen molar-refractivity contribution in [1.29, 1.82) is 0 Å². The van der Waals surface area contributed by atoms with Gasteiger partial charge in [0.05, 0.1) is 5.39 Å². The van der Waals surface area contributed by atoms with E-state index in [0.717, 1.165) is 42.6 Å². The first-order valence-corrected chi connectivity index (χ1v) is 8.98. The molecule has 0 aromatic carbocycles. The van der Waals surface area contributed by atoms with Crippen LogP contribution < -0.4 is 11.3 Å². The van der Waals surface area contributed by atoms with Crippen LogP contribution in [0.4, 0.5) is 0 Å². The molecule has 1 aliphatic heterocycles. The third-order valence-electron chi connectivity index (χ3n) is 5.38. The number of nitrogens with two attached hydrogens (primary N) is 1. The van der Waals surface area contributed by atoms with Gasteiger partial charge < -0.3 is 10.6 Å². The Balaban J connectivity index is 0.00000243. The quantitative estimate of drug-likeness (QED) is 0.840. The molecular formula is C18H28ClN5O2. The maximum atomic E-state index is 12.7. The molecule has 2 aromatic rings. The van der Waals surface area contributed by atoms with Gasteiger partial charge in [-0.05, 0) is 50.7 Å². The van der Waals surface area contributed by atoms with Crippen LogP contribution in [0.2, 0.25) is 0 Å². The third-order valence-corrected chi connectivity index (χ3v) is 5.38. The number of nitrogens with zero attached hydrogens (tertiary/aromatic N) is 3. The average Bonchev–Trinajstić information content (AvgIpc) is 2.88. The van der Waals surface area contributed by atoms with Crippen molar-refractivity contribution in [2.75, 3.05) is 13.1 Å². The molecule has 3 rings (SSSR count). The summed E-state index contributed by atoms with van der Waals surface area (Å²) in [5.74, 6) is 0.149. The summed E-state index contributed by atoms with van der Waals surface area (Å²) in [4.78, 5) is 31.4. The van der Waals surface area contributed by atoms with E-state index in [-0.39, 0.29) is 29.9 Å². The first-order valence-electron chi connectivity index (χ1n) is 8.98. The zero-order valence-electron chi connectivity index (χ0n) is 15.7. The van der Waals surface area contributed by atoms with Gasteiger partial charge in [-0.1, -0.05) is 0 Å². The van der Waals surface area contributed by atoms with E-state index in [9.17, 15) is 9.59 Å². The highest BCUT2D eigenvalue weighted by Gasteiger charge is 2.25. The van der Waals surface area contributed by atoms with Crippen LogP contribution in [0.1, 0.15) is 42.5 Å². The zero-order valence-corrected chi connectivity index (χ0v) is 16.5. The zero-order chi connectivity index (χ0) is 18.1. The van der Waals surface area contributed by atoms with Crippen molar-refractivity contribution in [3.8, 4) is 0 Å². The van der Waals surface area contributed by atoms with E-state index in [2.05, 4.69) is 10.1 Å². The van der Waals surface area contributed by atoms with Crippen molar-refractivity contribution in [1.82, 2.24) is 19.7 Å². The lowest BCUT2D eigenvalue weighted by atomic mass is 9.98. The Hall–Kier alpha value is -1.86. The number of halogens is 1. The summed E-state index contributed by atoms with van der Waals surface area (Å²) in [7, 11) is 1.69. The number of likely N-dealkylation sites (tertiary alicyclic amines) is 1. The number of amides is 1. The number of piperidine rings is 1. The van der Waals surface area contributed by atoms with Crippen LogP contribution >= 0.6 is 12.4 Å². The molecule has 2 aromatic heterocycles. The lowest BCUT2D eigenvalue weighted by molar-refractivity contribution is -0.134. The fourth-order valence-electron chi connectivity index (χ4n) is 3.93. The molecule has 26 heavy (non-hydrogen) atoms. The second-order valence-corrected chi connectivity index (χ2v) is 6.97. The summed E-state index contributed by atoms with van der Waals surface area (Å²) < 4.78 is 1.44. The number of pyridine rings is 1. The number of nitrogens with one attached hydrogen (secondary N) is 1. The Morgan fingerprint density at radius 3 is 2.77 bits per heavy atom.